The highest BCUT2D eigenvalue weighted by atomic mass is 32.2. The van der Waals surface area contributed by atoms with Crippen LogP contribution in [0, 0.1) is 20.8 Å². The number of benzene rings is 1. The van der Waals surface area contributed by atoms with Crippen LogP contribution in [0.4, 0.5) is 0 Å². The number of rotatable bonds is 9. The zero-order valence-corrected chi connectivity index (χ0v) is 19.9. The number of nitrogens with one attached hydrogen (secondary N) is 1. The summed E-state index contributed by atoms with van der Waals surface area (Å²) in [7, 11) is 0. The number of aryl methyl sites for hydroxylation is 2. The van der Waals surface area contributed by atoms with E-state index in [9.17, 15) is 14.4 Å². The van der Waals surface area contributed by atoms with Gasteiger partial charge in [0.25, 0.3) is 0 Å². The van der Waals surface area contributed by atoms with Gasteiger partial charge in [-0.2, -0.15) is 0 Å². The Morgan fingerprint density at radius 2 is 1.84 bits per heavy atom. The quantitative estimate of drug-likeness (QED) is 0.268. The summed E-state index contributed by atoms with van der Waals surface area (Å²) in [5, 5.41) is 2.99. The summed E-state index contributed by atoms with van der Waals surface area (Å²) in [5.74, 6) is -0.854. The standard InChI is InChI=1S/C23H24N2O5S2/c1-5-29-23(28)21-13(2)20(14(3)24-21)18(26)10-30-22(27)17-8-6-7-9-19(17)32-12-16-11-31-15(4)25-16/h6-9,11,24H,5,10,12H2,1-4H3. The molecular formula is C23H24N2O5S2. The second kappa shape index (κ2) is 10.6. The molecule has 0 atom stereocenters. The normalized spacial score (nSPS) is 10.8. The van der Waals surface area contributed by atoms with Crippen molar-refractivity contribution in [3.8, 4) is 0 Å². The van der Waals surface area contributed by atoms with E-state index < -0.39 is 18.5 Å². The summed E-state index contributed by atoms with van der Waals surface area (Å²) >= 11 is 3.07. The average molecular weight is 473 g/mol. The Hall–Kier alpha value is -2.91. The molecule has 9 heteroatoms. The summed E-state index contributed by atoms with van der Waals surface area (Å²) in [6.45, 7) is 6.82. The van der Waals surface area contributed by atoms with Gasteiger partial charge in [0.1, 0.15) is 5.69 Å². The van der Waals surface area contributed by atoms with Gasteiger partial charge >= 0.3 is 11.9 Å². The largest absolute Gasteiger partial charge is 0.461 e. The first-order chi connectivity index (χ1) is 15.3. The fraction of sp³-hybridized carbons (Fsp3) is 0.304. The van der Waals surface area contributed by atoms with Crippen LogP contribution in [-0.2, 0) is 15.2 Å². The van der Waals surface area contributed by atoms with Gasteiger partial charge in [0, 0.05) is 27.3 Å². The van der Waals surface area contributed by atoms with Crippen LogP contribution < -0.4 is 0 Å². The molecule has 0 saturated heterocycles. The molecule has 0 bridgehead atoms. The zero-order valence-electron chi connectivity index (χ0n) is 18.3. The number of H-pyrrole nitrogens is 1. The van der Waals surface area contributed by atoms with Crippen LogP contribution in [0.25, 0.3) is 0 Å². The minimum atomic E-state index is -0.577. The zero-order chi connectivity index (χ0) is 23.3. The molecule has 0 amide bonds. The first-order valence-corrected chi connectivity index (χ1v) is 11.9. The van der Waals surface area contributed by atoms with E-state index in [1.54, 1.807) is 44.2 Å². The molecule has 0 aliphatic heterocycles. The minimum absolute atomic E-state index is 0.233. The van der Waals surface area contributed by atoms with E-state index >= 15 is 0 Å². The molecule has 2 heterocycles. The molecule has 1 N–H and O–H groups in total. The van der Waals surface area contributed by atoms with Gasteiger partial charge < -0.3 is 14.5 Å². The highest BCUT2D eigenvalue weighted by molar-refractivity contribution is 7.98. The molecule has 0 aliphatic rings. The predicted molar refractivity (Wildman–Crippen MR) is 124 cm³/mol. The number of ether oxygens (including phenoxy) is 2. The number of nitrogens with zero attached hydrogens (tertiary/aromatic N) is 1. The summed E-state index contributed by atoms with van der Waals surface area (Å²) in [4.78, 5) is 45.6. The lowest BCUT2D eigenvalue weighted by molar-refractivity contribution is 0.0469. The lowest BCUT2D eigenvalue weighted by Gasteiger charge is -2.09. The van der Waals surface area contributed by atoms with Gasteiger partial charge in [-0.1, -0.05) is 12.1 Å². The van der Waals surface area contributed by atoms with Crippen molar-refractivity contribution in [2.45, 2.75) is 38.3 Å². The van der Waals surface area contributed by atoms with Crippen LogP contribution in [0.3, 0.4) is 0 Å². The van der Waals surface area contributed by atoms with Gasteiger partial charge in [-0.25, -0.2) is 14.6 Å². The van der Waals surface area contributed by atoms with Gasteiger partial charge in [-0.3, -0.25) is 4.79 Å². The Kier molecular flexibility index (Phi) is 7.87. The maximum Gasteiger partial charge on any atom is 0.355 e. The third kappa shape index (κ3) is 5.46. The van der Waals surface area contributed by atoms with Crippen molar-refractivity contribution in [3.63, 3.8) is 0 Å². The second-order valence-electron chi connectivity index (χ2n) is 6.99. The van der Waals surface area contributed by atoms with E-state index in [-0.39, 0.29) is 18.1 Å². The fourth-order valence-corrected chi connectivity index (χ4v) is 4.90. The lowest BCUT2D eigenvalue weighted by Crippen LogP contribution is -2.16. The van der Waals surface area contributed by atoms with Gasteiger partial charge in [0.05, 0.1) is 22.9 Å². The van der Waals surface area contributed by atoms with Crippen LogP contribution in [0.2, 0.25) is 0 Å². The molecule has 168 valence electrons. The Morgan fingerprint density at radius 3 is 2.53 bits per heavy atom. The molecule has 0 aliphatic carbocycles. The fourth-order valence-electron chi connectivity index (χ4n) is 3.24. The van der Waals surface area contributed by atoms with Crippen LogP contribution >= 0.6 is 23.1 Å². The maximum absolute atomic E-state index is 12.8. The van der Waals surface area contributed by atoms with Crippen molar-refractivity contribution < 1.29 is 23.9 Å². The summed E-state index contributed by atoms with van der Waals surface area (Å²) < 4.78 is 10.3. The molecule has 7 nitrogen and oxygen atoms in total. The molecule has 32 heavy (non-hydrogen) atoms. The number of esters is 2. The number of thiazole rings is 1. The summed E-state index contributed by atoms with van der Waals surface area (Å²) in [5.41, 5.74) is 2.93. The van der Waals surface area contributed by atoms with Gasteiger partial charge in [-0.15, -0.1) is 23.1 Å². The Morgan fingerprint density at radius 1 is 1.09 bits per heavy atom. The average Bonchev–Trinajstić information content (AvgIpc) is 3.32. The Bertz CT molecular complexity index is 1150. The molecule has 0 radical (unpaired) electrons. The molecule has 0 spiro atoms. The first-order valence-electron chi connectivity index (χ1n) is 10.0. The number of hydrogen-bond donors (Lipinski definition) is 1. The number of thioether (sulfide) groups is 1. The number of hydrogen-bond acceptors (Lipinski definition) is 8. The number of aromatic amines is 1. The van der Waals surface area contributed by atoms with Crippen molar-refractivity contribution in [3.05, 3.63) is 68.4 Å². The molecular weight excluding hydrogens is 448 g/mol. The summed E-state index contributed by atoms with van der Waals surface area (Å²) in [6.07, 6.45) is 0. The third-order valence-corrected chi connectivity index (χ3v) is 6.61. The number of carbonyl (C=O) groups excluding carboxylic acids is 3. The van der Waals surface area contributed by atoms with Crippen molar-refractivity contribution >= 4 is 40.8 Å². The van der Waals surface area contributed by atoms with E-state index in [4.69, 9.17) is 9.47 Å². The molecule has 1 aromatic carbocycles. The molecule has 3 aromatic rings. The Labute approximate surface area is 194 Å². The highest BCUT2D eigenvalue weighted by Crippen LogP contribution is 2.27. The SMILES string of the molecule is CCOC(=O)c1[nH]c(C)c(C(=O)COC(=O)c2ccccc2SCc2csc(C)n2)c1C. The van der Waals surface area contributed by atoms with Gasteiger partial charge in [0.2, 0.25) is 5.78 Å². The van der Waals surface area contributed by atoms with E-state index in [0.29, 0.717) is 28.1 Å². The maximum atomic E-state index is 12.8. The van der Waals surface area contributed by atoms with E-state index in [2.05, 4.69) is 9.97 Å². The summed E-state index contributed by atoms with van der Waals surface area (Å²) in [6, 6.07) is 7.11. The minimum Gasteiger partial charge on any atom is -0.461 e. The third-order valence-electron chi connectivity index (χ3n) is 4.68. The van der Waals surface area contributed by atoms with Crippen molar-refractivity contribution in [2.24, 2.45) is 0 Å². The number of aromatic nitrogens is 2. The van der Waals surface area contributed by atoms with Crippen molar-refractivity contribution in [1.82, 2.24) is 9.97 Å². The topological polar surface area (TPSA) is 98.4 Å². The van der Waals surface area contributed by atoms with Crippen molar-refractivity contribution in [2.75, 3.05) is 13.2 Å². The number of Topliss-reactive ketones (excluding diaryl/α,β-unsaturated/α-hetero) is 1. The van der Waals surface area contributed by atoms with Crippen LogP contribution in [0.1, 0.15) is 60.1 Å². The molecule has 0 unspecified atom stereocenters. The monoisotopic (exact) mass is 472 g/mol. The van der Waals surface area contributed by atoms with Gasteiger partial charge in [0.15, 0.2) is 6.61 Å². The van der Waals surface area contributed by atoms with Crippen LogP contribution in [0.15, 0.2) is 34.5 Å². The molecule has 0 fully saturated rings. The van der Waals surface area contributed by atoms with Crippen LogP contribution in [0.5, 0.6) is 0 Å². The smallest absolute Gasteiger partial charge is 0.355 e. The van der Waals surface area contributed by atoms with Crippen molar-refractivity contribution in [1.29, 1.82) is 0 Å². The molecule has 3 rings (SSSR count). The predicted octanol–water partition coefficient (Wildman–Crippen LogP) is 4.91. The van der Waals surface area contributed by atoms with Gasteiger partial charge in [-0.05, 0) is 45.4 Å². The van der Waals surface area contributed by atoms with E-state index in [1.807, 2.05) is 24.4 Å². The first kappa shape index (κ1) is 23.7. The van der Waals surface area contributed by atoms with Crippen LogP contribution in [-0.4, -0.2) is 40.9 Å². The number of ketones is 1. The molecule has 2 aromatic heterocycles. The van der Waals surface area contributed by atoms with E-state index in [0.717, 1.165) is 15.6 Å². The molecule has 0 saturated carbocycles. The second-order valence-corrected chi connectivity index (χ2v) is 9.07. The Balaban J connectivity index is 1.67. The van der Waals surface area contributed by atoms with E-state index in [1.165, 1.54) is 11.8 Å². The number of carbonyl (C=O) groups is 3. The highest BCUT2D eigenvalue weighted by Gasteiger charge is 2.24. The lowest BCUT2D eigenvalue weighted by atomic mass is 10.1.